The van der Waals surface area contributed by atoms with Crippen molar-refractivity contribution in [3.8, 4) is 0 Å². The van der Waals surface area contributed by atoms with Crippen LogP contribution in [-0.4, -0.2) is 31.9 Å². The fraction of sp³-hybridized carbons (Fsp3) is 0.538. The Hall–Kier alpha value is -0.980. The van der Waals surface area contributed by atoms with E-state index >= 15 is 0 Å². The van der Waals surface area contributed by atoms with Crippen molar-refractivity contribution < 1.29 is 12.8 Å². The van der Waals surface area contributed by atoms with E-state index in [1.165, 1.54) is 22.5 Å². The van der Waals surface area contributed by atoms with Gasteiger partial charge in [0.05, 0.1) is 0 Å². The lowest BCUT2D eigenvalue weighted by Gasteiger charge is -2.18. The summed E-state index contributed by atoms with van der Waals surface area (Å²) in [5.41, 5.74) is 5.98. The molecule has 0 aliphatic carbocycles. The van der Waals surface area contributed by atoms with E-state index in [0.717, 1.165) is 6.07 Å². The first-order chi connectivity index (χ1) is 8.84. The zero-order valence-corrected chi connectivity index (χ0v) is 11.9. The van der Waals surface area contributed by atoms with Gasteiger partial charge in [0, 0.05) is 19.1 Å². The van der Waals surface area contributed by atoms with E-state index in [9.17, 15) is 12.8 Å². The molecule has 1 aromatic rings. The Labute approximate surface area is 113 Å². The van der Waals surface area contributed by atoms with Gasteiger partial charge in [-0.15, -0.1) is 0 Å². The third kappa shape index (κ3) is 2.66. The SMILES string of the molecule is CC(C)[C@@H]1CN(S(=O)(=O)c2ccccc2F)C[C@H]1N. The molecule has 0 bridgehead atoms. The predicted octanol–water partition coefficient (Wildman–Crippen LogP) is 1.43. The van der Waals surface area contributed by atoms with Gasteiger partial charge < -0.3 is 5.73 Å². The summed E-state index contributed by atoms with van der Waals surface area (Å²) in [4.78, 5) is -0.272. The minimum atomic E-state index is -3.79. The van der Waals surface area contributed by atoms with Crippen molar-refractivity contribution in [2.75, 3.05) is 13.1 Å². The van der Waals surface area contributed by atoms with Gasteiger partial charge in [-0.2, -0.15) is 4.31 Å². The van der Waals surface area contributed by atoms with Crippen molar-refractivity contribution in [2.24, 2.45) is 17.6 Å². The monoisotopic (exact) mass is 286 g/mol. The number of hydrogen-bond donors (Lipinski definition) is 1. The second-order valence-electron chi connectivity index (χ2n) is 5.32. The smallest absolute Gasteiger partial charge is 0.246 e. The molecule has 6 heteroatoms. The summed E-state index contributed by atoms with van der Waals surface area (Å²) in [7, 11) is -3.79. The number of nitrogens with two attached hydrogens (primary N) is 1. The van der Waals surface area contributed by atoms with Crippen molar-refractivity contribution >= 4 is 10.0 Å². The summed E-state index contributed by atoms with van der Waals surface area (Å²) >= 11 is 0. The first kappa shape index (κ1) is 14.4. The minimum absolute atomic E-state index is 0.113. The first-order valence-electron chi connectivity index (χ1n) is 6.34. The summed E-state index contributed by atoms with van der Waals surface area (Å²) in [5, 5.41) is 0. The summed E-state index contributed by atoms with van der Waals surface area (Å²) in [6.45, 7) is 4.64. The molecule has 2 N–H and O–H groups in total. The molecule has 1 aliphatic rings. The van der Waals surface area contributed by atoms with E-state index in [-0.39, 0.29) is 23.4 Å². The third-order valence-electron chi connectivity index (χ3n) is 3.69. The van der Waals surface area contributed by atoms with Gasteiger partial charge in [0.1, 0.15) is 10.7 Å². The maximum Gasteiger partial charge on any atom is 0.246 e. The molecule has 4 nitrogen and oxygen atoms in total. The normalized spacial score (nSPS) is 25.1. The molecule has 1 fully saturated rings. The van der Waals surface area contributed by atoms with Crippen molar-refractivity contribution in [2.45, 2.75) is 24.8 Å². The van der Waals surface area contributed by atoms with Crippen molar-refractivity contribution in [3.63, 3.8) is 0 Å². The molecule has 106 valence electrons. The molecule has 2 atom stereocenters. The molecule has 0 saturated carbocycles. The Morgan fingerprint density at radius 3 is 2.47 bits per heavy atom. The van der Waals surface area contributed by atoms with Gasteiger partial charge in [-0.3, -0.25) is 0 Å². The maximum atomic E-state index is 13.7. The molecular formula is C13H19FN2O2S. The Morgan fingerprint density at radius 2 is 1.95 bits per heavy atom. The van der Waals surface area contributed by atoms with E-state index < -0.39 is 15.8 Å². The van der Waals surface area contributed by atoms with Crippen LogP contribution >= 0.6 is 0 Å². The lowest BCUT2D eigenvalue weighted by Crippen LogP contribution is -2.33. The standard InChI is InChI=1S/C13H19FN2O2S/c1-9(2)10-7-16(8-12(10)15)19(17,18)13-6-4-3-5-11(13)14/h3-6,9-10,12H,7-8,15H2,1-2H3/t10-,12+/m0/s1. The number of hydrogen-bond acceptors (Lipinski definition) is 3. The zero-order chi connectivity index (χ0) is 14.2. The molecule has 2 rings (SSSR count). The van der Waals surface area contributed by atoms with Crippen molar-refractivity contribution in [1.82, 2.24) is 4.31 Å². The molecule has 0 amide bonds. The Balaban J connectivity index is 2.30. The highest BCUT2D eigenvalue weighted by Crippen LogP contribution is 2.28. The second-order valence-corrected chi connectivity index (χ2v) is 7.23. The van der Waals surface area contributed by atoms with E-state index in [0.29, 0.717) is 12.5 Å². The fourth-order valence-electron chi connectivity index (χ4n) is 2.51. The summed E-state index contributed by atoms with van der Waals surface area (Å²) in [6.07, 6.45) is 0. The zero-order valence-electron chi connectivity index (χ0n) is 11.1. The number of benzene rings is 1. The maximum absolute atomic E-state index is 13.7. The van der Waals surface area contributed by atoms with Crippen molar-refractivity contribution in [1.29, 1.82) is 0 Å². The number of halogens is 1. The highest BCUT2D eigenvalue weighted by Gasteiger charge is 2.39. The summed E-state index contributed by atoms with van der Waals surface area (Å²) in [6, 6.07) is 5.25. The van der Waals surface area contributed by atoms with Crippen LogP contribution < -0.4 is 5.73 Å². The van der Waals surface area contributed by atoms with E-state index in [4.69, 9.17) is 5.73 Å². The Kier molecular flexibility index (Phi) is 3.94. The van der Waals surface area contributed by atoms with Crippen LogP contribution in [0.25, 0.3) is 0 Å². The number of rotatable bonds is 3. The third-order valence-corrected chi connectivity index (χ3v) is 5.55. The van der Waals surface area contributed by atoms with Gasteiger partial charge in [-0.25, -0.2) is 12.8 Å². The minimum Gasteiger partial charge on any atom is -0.326 e. The van der Waals surface area contributed by atoms with Crippen LogP contribution in [0.3, 0.4) is 0 Å². The quantitative estimate of drug-likeness (QED) is 0.914. The average Bonchev–Trinajstić information content (AvgIpc) is 2.72. The Morgan fingerprint density at radius 1 is 1.32 bits per heavy atom. The average molecular weight is 286 g/mol. The van der Waals surface area contributed by atoms with Crippen LogP contribution in [0.1, 0.15) is 13.8 Å². The van der Waals surface area contributed by atoms with Gasteiger partial charge in [-0.1, -0.05) is 26.0 Å². The second kappa shape index (κ2) is 5.19. The molecule has 1 saturated heterocycles. The van der Waals surface area contributed by atoms with Gasteiger partial charge in [0.15, 0.2) is 0 Å². The van der Waals surface area contributed by atoms with Crippen molar-refractivity contribution in [3.05, 3.63) is 30.1 Å². The fourth-order valence-corrected chi connectivity index (χ4v) is 4.09. The lowest BCUT2D eigenvalue weighted by molar-refractivity contribution is 0.367. The number of nitrogens with zero attached hydrogens (tertiary/aromatic N) is 1. The molecule has 0 radical (unpaired) electrons. The van der Waals surface area contributed by atoms with E-state index in [1.54, 1.807) is 0 Å². The summed E-state index contributed by atoms with van der Waals surface area (Å²) in [5.74, 6) is -0.304. The van der Waals surface area contributed by atoms with Gasteiger partial charge >= 0.3 is 0 Å². The van der Waals surface area contributed by atoms with E-state index in [2.05, 4.69) is 0 Å². The molecule has 0 spiro atoms. The van der Waals surface area contributed by atoms with E-state index in [1.807, 2.05) is 13.8 Å². The van der Waals surface area contributed by atoms with Gasteiger partial charge in [0.2, 0.25) is 10.0 Å². The largest absolute Gasteiger partial charge is 0.326 e. The van der Waals surface area contributed by atoms with Crippen LogP contribution in [0.2, 0.25) is 0 Å². The Bertz CT molecular complexity index is 560. The highest BCUT2D eigenvalue weighted by molar-refractivity contribution is 7.89. The topological polar surface area (TPSA) is 63.4 Å². The number of sulfonamides is 1. The molecule has 1 aliphatic heterocycles. The highest BCUT2D eigenvalue weighted by atomic mass is 32.2. The van der Waals surface area contributed by atoms with Crippen LogP contribution in [0, 0.1) is 17.7 Å². The molecule has 19 heavy (non-hydrogen) atoms. The molecule has 1 aromatic carbocycles. The molecule has 0 unspecified atom stereocenters. The van der Waals surface area contributed by atoms with Crippen LogP contribution in [0.5, 0.6) is 0 Å². The van der Waals surface area contributed by atoms with Crippen LogP contribution in [-0.2, 0) is 10.0 Å². The van der Waals surface area contributed by atoms with Crippen LogP contribution in [0.4, 0.5) is 4.39 Å². The van der Waals surface area contributed by atoms with Gasteiger partial charge in [-0.05, 0) is 24.0 Å². The first-order valence-corrected chi connectivity index (χ1v) is 7.78. The molecular weight excluding hydrogens is 267 g/mol. The molecule has 1 heterocycles. The lowest BCUT2D eigenvalue weighted by atomic mass is 9.92. The van der Waals surface area contributed by atoms with Crippen LogP contribution in [0.15, 0.2) is 29.2 Å². The van der Waals surface area contributed by atoms with Gasteiger partial charge in [0.25, 0.3) is 0 Å². The predicted molar refractivity (Wildman–Crippen MR) is 71.5 cm³/mol. The molecule has 0 aromatic heterocycles. The summed E-state index contributed by atoms with van der Waals surface area (Å²) < 4.78 is 39.7.